The highest BCUT2D eigenvalue weighted by atomic mass is 16.5. The van der Waals surface area contributed by atoms with Gasteiger partial charge in [-0.2, -0.15) is 0 Å². The predicted octanol–water partition coefficient (Wildman–Crippen LogP) is 12.8. The minimum atomic E-state index is 0.0713. The van der Waals surface area contributed by atoms with Crippen LogP contribution in [0.15, 0.2) is 98.7 Å². The van der Waals surface area contributed by atoms with E-state index in [0.717, 1.165) is 134 Å². The van der Waals surface area contributed by atoms with Gasteiger partial charge in [0, 0.05) is 16.7 Å². The molecule has 0 radical (unpaired) electrons. The normalized spacial score (nSPS) is 20.6. The summed E-state index contributed by atoms with van der Waals surface area (Å²) in [5, 5.41) is 8.88. The van der Waals surface area contributed by atoms with Crippen LogP contribution < -0.4 is 0 Å². The molecule has 0 saturated heterocycles. The summed E-state index contributed by atoms with van der Waals surface area (Å²) in [4.78, 5) is 24.3. The summed E-state index contributed by atoms with van der Waals surface area (Å²) in [5.74, 6) is 4.37. The summed E-state index contributed by atoms with van der Waals surface area (Å²) in [6.07, 6.45) is 15.9. The summed E-state index contributed by atoms with van der Waals surface area (Å²) < 4.78 is 52.7. The number of carbonyl (C=O) groups is 1. The molecule has 14 heteroatoms. The molecule has 0 unspecified atom stereocenters. The first-order valence-corrected chi connectivity index (χ1v) is 26.9. The number of carbonyl (C=O) groups excluding carboxylic acids is 1. The third kappa shape index (κ3) is 18.0. The first-order chi connectivity index (χ1) is 36.5. The van der Waals surface area contributed by atoms with Crippen LogP contribution in [0.2, 0.25) is 0 Å². The largest absolute Gasteiger partial charge is 0.441 e. The van der Waals surface area contributed by atoms with E-state index in [2.05, 4.69) is 78.7 Å². The van der Waals surface area contributed by atoms with Gasteiger partial charge in [-0.3, -0.25) is 0 Å². The lowest BCUT2D eigenvalue weighted by molar-refractivity contribution is -0.116. The van der Waals surface area contributed by atoms with Gasteiger partial charge in [0.15, 0.2) is 0 Å². The number of hydrogen-bond donors (Lipinski definition) is 1. The molecule has 0 bridgehead atoms. The fraction of sp³-hybridized carbons (Fsp3) is 0.508. The van der Waals surface area contributed by atoms with Gasteiger partial charge in [-0.15, -0.1) is 6.58 Å². The van der Waals surface area contributed by atoms with Gasteiger partial charge in [-0.05, 0) is 155 Å². The van der Waals surface area contributed by atoms with E-state index in [1.807, 2.05) is 57.2 Å². The molecular formula is C61H79N3O11. The van der Waals surface area contributed by atoms with Crippen molar-refractivity contribution in [2.45, 2.75) is 175 Å². The molecule has 3 fully saturated rings. The van der Waals surface area contributed by atoms with Crippen LogP contribution in [0.1, 0.15) is 128 Å². The summed E-state index contributed by atoms with van der Waals surface area (Å²) >= 11 is 0. The van der Waals surface area contributed by atoms with Crippen molar-refractivity contribution in [3.05, 3.63) is 137 Å². The molecule has 6 aromatic rings. The van der Waals surface area contributed by atoms with Gasteiger partial charge in [0.2, 0.25) is 17.7 Å². The quantitative estimate of drug-likeness (QED) is 0.0533. The van der Waals surface area contributed by atoms with Crippen molar-refractivity contribution < 1.29 is 51.6 Å². The zero-order valence-corrected chi connectivity index (χ0v) is 45.1. The second-order valence-electron chi connectivity index (χ2n) is 20.1. The number of aromatic nitrogens is 3. The van der Waals surface area contributed by atoms with E-state index < -0.39 is 0 Å². The van der Waals surface area contributed by atoms with Gasteiger partial charge in [0.05, 0.1) is 76.3 Å². The van der Waals surface area contributed by atoms with Crippen molar-refractivity contribution in [2.24, 2.45) is 0 Å². The second-order valence-corrected chi connectivity index (χ2v) is 20.1. The number of aliphatic hydroxyl groups is 1. The van der Waals surface area contributed by atoms with E-state index in [4.69, 9.17) is 46.8 Å². The first kappa shape index (κ1) is 57.1. The Kier molecular flexibility index (Phi) is 22.6. The Hall–Kier alpha value is -5.58. The highest BCUT2D eigenvalue weighted by molar-refractivity contribution is 5.56. The molecule has 3 aromatic heterocycles. The summed E-state index contributed by atoms with van der Waals surface area (Å²) in [5.41, 5.74) is 9.10. The van der Waals surface area contributed by atoms with Crippen LogP contribution >= 0.6 is 0 Å². The molecule has 3 aliphatic rings. The highest BCUT2D eigenvalue weighted by Gasteiger charge is 2.27. The zero-order valence-electron chi connectivity index (χ0n) is 45.1. The Labute approximate surface area is 443 Å². The van der Waals surface area contributed by atoms with Crippen LogP contribution in [0.25, 0.3) is 34.4 Å². The van der Waals surface area contributed by atoms with Gasteiger partial charge in [0.25, 0.3) is 0 Å². The van der Waals surface area contributed by atoms with Gasteiger partial charge < -0.3 is 51.6 Å². The Morgan fingerprint density at radius 2 is 0.840 bits per heavy atom. The van der Waals surface area contributed by atoms with Gasteiger partial charge >= 0.3 is 0 Å². The average molecular weight is 1030 g/mol. The molecule has 3 saturated carbocycles. The molecule has 3 aliphatic carbocycles. The Balaban J connectivity index is 0.000000164. The number of rotatable bonds is 21. The number of hydrogen-bond acceptors (Lipinski definition) is 14. The molecule has 0 aliphatic heterocycles. The third-order valence-corrected chi connectivity index (χ3v) is 13.9. The topological polar surface area (TPSA) is 171 Å². The van der Waals surface area contributed by atoms with E-state index in [9.17, 15) is 4.79 Å². The minimum Gasteiger partial charge on any atom is -0.441 e. The minimum absolute atomic E-state index is 0.0713. The predicted molar refractivity (Wildman–Crippen MR) is 288 cm³/mol. The smallest absolute Gasteiger partial charge is 0.226 e. The SMILES string of the molecule is C=CCO[C@@H]1CCC[C@H](OCc2nc(-c3cccc(C)c3)oc2C)C1.Cc1cccc(-c2nc(CO[C@H]3CCC[C@@H](OCC=O)C3)c(C)o2)c1.Cc1cccc(-c2nc(CO[C@H]3CCC[C@@H](OCCO)C3)c(C)o2)c1. The maximum atomic E-state index is 10.4. The van der Waals surface area contributed by atoms with Crippen LogP contribution in [0.3, 0.4) is 0 Å². The van der Waals surface area contributed by atoms with Crippen LogP contribution in [0.4, 0.5) is 0 Å². The van der Waals surface area contributed by atoms with Gasteiger partial charge in [0.1, 0.15) is 47.3 Å². The molecule has 0 spiro atoms. The van der Waals surface area contributed by atoms with Crippen molar-refractivity contribution in [3.63, 3.8) is 0 Å². The zero-order chi connectivity index (χ0) is 52.9. The average Bonchev–Trinajstić information content (AvgIpc) is 4.12. The first-order valence-electron chi connectivity index (χ1n) is 26.9. The third-order valence-electron chi connectivity index (χ3n) is 13.9. The van der Waals surface area contributed by atoms with Crippen molar-refractivity contribution in [3.8, 4) is 34.4 Å². The van der Waals surface area contributed by atoms with Crippen molar-refractivity contribution in [1.29, 1.82) is 0 Å². The van der Waals surface area contributed by atoms with Crippen LogP contribution in [0.5, 0.6) is 0 Å². The molecule has 1 N–H and O–H groups in total. The highest BCUT2D eigenvalue weighted by Crippen LogP contribution is 2.30. The second kappa shape index (κ2) is 29.6. The standard InChI is InChI=1S/C21H27NO3.C20H27NO4.C20H25NO4/c1-4-11-23-18-9-6-10-19(13-18)24-14-20-16(3)25-21(22-20)17-8-5-7-15(2)12-17;2*1-14-5-3-6-16(11-14)20-21-19(15(2)25-20)13-24-18-8-4-7-17(12-18)23-10-9-22/h4-5,7-8,12,18-19H,1,6,9-11,13-14H2,2-3H3;3,5-6,11,17-18,22H,4,7-10,12-13H2,1-2H3;3,5-6,9,11,17-18H,4,7-8,10,12-13H2,1-2H3/t18-,19+;2*17-,18+/m111/s1. The number of aliphatic hydroxyl groups excluding tert-OH is 1. The summed E-state index contributed by atoms with van der Waals surface area (Å²) in [6, 6.07) is 24.4. The van der Waals surface area contributed by atoms with E-state index in [-0.39, 0.29) is 49.8 Å². The van der Waals surface area contributed by atoms with E-state index >= 15 is 0 Å². The Bertz CT molecular complexity index is 2550. The lowest BCUT2D eigenvalue weighted by atomic mass is 9.95. The van der Waals surface area contributed by atoms with Crippen molar-refractivity contribution >= 4 is 6.29 Å². The Morgan fingerprint density at radius 1 is 0.507 bits per heavy atom. The fourth-order valence-corrected chi connectivity index (χ4v) is 9.79. The molecule has 3 heterocycles. The molecule has 0 amide bonds. The van der Waals surface area contributed by atoms with Crippen LogP contribution in [-0.4, -0.2) is 89.4 Å². The fourth-order valence-electron chi connectivity index (χ4n) is 9.79. The molecule has 9 rings (SSSR count). The van der Waals surface area contributed by atoms with Crippen LogP contribution in [0, 0.1) is 41.5 Å². The molecule has 75 heavy (non-hydrogen) atoms. The van der Waals surface area contributed by atoms with E-state index in [1.54, 1.807) is 6.08 Å². The Morgan fingerprint density at radius 3 is 1.16 bits per heavy atom. The molecule has 404 valence electrons. The molecule has 6 atom stereocenters. The van der Waals surface area contributed by atoms with Gasteiger partial charge in [-0.25, -0.2) is 15.0 Å². The molecular weight excluding hydrogens is 951 g/mol. The van der Waals surface area contributed by atoms with E-state index in [0.29, 0.717) is 50.7 Å². The number of benzene rings is 3. The lowest BCUT2D eigenvalue weighted by Gasteiger charge is -2.28. The van der Waals surface area contributed by atoms with Gasteiger partial charge in [-0.1, -0.05) is 59.2 Å². The van der Waals surface area contributed by atoms with Crippen LogP contribution in [-0.2, 0) is 53.0 Å². The lowest BCUT2D eigenvalue weighted by Crippen LogP contribution is -2.29. The molecule has 14 nitrogen and oxygen atoms in total. The maximum Gasteiger partial charge on any atom is 0.226 e. The number of oxazole rings is 3. The van der Waals surface area contributed by atoms with Crippen molar-refractivity contribution in [2.75, 3.05) is 26.4 Å². The maximum absolute atomic E-state index is 10.4. The number of nitrogens with zero attached hydrogens (tertiary/aromatic N) is 3. The summed E-state index contributed by atoms with van der Waals surface area (Å²) in [7, 11) is 0. The number of ether oxygens (including phenoxy) is 6. The number of aldehydes is 1. The molecule has 3 aromatic carbocycles. The van der Waals surface area contributed by atoms with Crippen molar-refractivity contribution in [1.82, 2.24) is 15.0 Å². The summed E-state index contributed by atoms with van der Waals surface area (Å²) in [6.45, 7) is 18.3. The number of aryl methyl sites for hydroxylation is 6. The van der Waals surface area contributed by atoms with E-state index in [1.165, 1.54) is 16.7 Å². The monoisotopic (exact) mass is 1030 g/mol.